The highest BCUT2D eigenvalue weighted by Gasteiger charge is 2.56. The van der Waals surface area contributed by atoms with Crippen LogP contribution in [0, 0.1) is 11.3 Å². The van der Waals surface area contributed by atoms with Crippen LogP contribution in [0.3, 0.4) is 0 Å². The third-order valence-corrected chi connectivity index (χ3v) is 5.57. The van der Waals surface area contributed by atoms with Gasteiger partial charge in [-0.2, -0.15) is 13.2 Å². The topological polar surface area (TPSA) is 75.7 Å². The van der Waals surface area contributed by atoms with Gasteiger partial charge in [0.2, 0.25) is 0 Å². The summed E-state index contributed by atoms with van der Waals surface area (Å²) < 4.78 is 43.4. The Hall–Kier alpha value is -2.58. The zero-order valence-electron chi connectivity index (χ0n) is 17.1. The van der Waals surface area contributed by atoms with Crippen LogP contribution in [0.15, 0.2) is 24.3 Å². The summed E-state index contributed by atoms with van der Waals surface area (Å²) in [5.74, 6) is -1.09. The van der Waals surface area contributed by atoms with E-state index < -0.39 is 41.7 Å². The van der Waals surface area contributed by atoms with E-state index in [1.807, 2.05) is 20.8 Å². The summed E-state index contributed by atoms with van der Waals surface area (Å²) in [5, 5.41) is 2.76. The summed E-state index contributed by atoms with van der Waals surface area (Å²) in [4.78, 5) is 38.4. The van der Waals surface area contributed by atoms with Crippen LogP contribution in [0.1, 0.15) is 51.2 Å². The Morgan fingerprint density at radius 2 is 1.97 bits per heavy atom. The van der Waals surface area contributed by atoms with E-state index in [4.69, 9.17) is 4.74 Å². The van der Waals surface area contributed by atoms with Crippen LogP contribution >= 0.6 is 0 Å². The molecular weight excluding hydrogens is 401 g/mol. The molecule has 2 aliphatic rings. The van der Waals surface area contributed by atoms with Crippen molar-refractivity contribution in [1.82, 2.24) is 10.2 Å². The predicted octanol–water partition coefficient (Wildman–Crippen LogP) is 3.89. The van der Waals surface area contributed by atoms with E-state index in [2.05, 4.69) is 5.32 Å². The number of hydrogen-bond donors (Lipinski definition) is 1. The number of carbonyl (C=O) groups is 3. The van der Waals surface area contributed by atoms with Gasteiger partial charge < -0.3 is 10.1 Å². The molecule has 0 radical (unpaired) electrons. The van der Waals surface area contributed by atoms with Crippen molar-refractivity contribution in [3.8, 4) is 0 Å². The Morgan fingerprint density at radius 3 is 2.60 bits per heavy atom. The lowest BCUT2D eigenvalue weighted by Gasteiger charge is -2.43. The first-order valence-corrected chi connectivity index (χ1v) is 9.77. The molecule has 30 heavy (non-hydrogen) atoms. The van der Waals surface area contributed by atoms with Crippen molar-refractivity contribution in [3.05, 3.63) is 35.4 Å². The van der Waals surface area contributed by atoms with Crippen molar-refractivity contribution in [3.63, 3.8) is 0 Å². The molecule has 1 heterocycles. The number of ether oxygens (including phenoxy) is 1. The minimum atomic E-state index is -4.50. The van der Waals surface area contributed by atoms with Crippen molar-refractivity contribution >= 4 is 17.9 Å². The third-order valence-electron chi connectivity index (χ3n) is 5.57. The summed E-state index contributed by atoms with van der Waals surface area (Å²) in [6.45, 7) is 5.13. The number of esters is 1. The first kappa shape index (κ1) is 22.1. The molecule has 9 heteroatoms. The lowest BCUT2D eigenvalue weighted by molar-refractivity contribution is -0.149. The molecule has 6 nitrogen and oxygen atoms in total. The van der Waals surface area contributed by atoms with Crippen LogP contribution in [0.4, 0.5) is 18.0 Å². The maximum atomic E-state index is 13.0. The number of hydrogen-bond acceptors (Lipinski definition) is 4. The maximum absolute atomic E-state index is 13.0. The van der Waals surface area contributed by atoms with Crippen molar-refractivity contribution in [2.75, 3.05) is 6.54 Å². The second-order valence-electron chi connectivity index (χ2n) is 9.12. The zero-order valence-corrected chi connectivity index (χ0v) is 17.1. The molecule has 3 rings (SSSR count). The lowest BCUT2D eigenvalue weighted by atomic mass is 9.64. The minimum absolute atomic E-state index is 0.138. The van der Waals surface area contributed by atoms with Crippen LogP contribution in [-0.2, 0) is 27.1 Å². The van der Waals surface area contributed by atoms with Crippen LogP contribution in [-0.4, -0.2) is 34.9 Å². The second-order valence-corrected chi connectivity index (χ2v) is 9.12. The molecule has 1 aromatic rings. The van der Waals surface area contributed by atoms with Crippen LogP contribution in [0.5, 0.6) is 0 Å². The number of nitrogens with one attached hydrogen (secondary N) is 1. The molecule has 1 aliphatic heterocycles. The molecule has 164 valence electrons. The van der Waals surface area contributed by atoms with Crippen LogP contribution in [0.25, 0.3) is 0 Å². The number of rotatable bonds is 4. The van der Waals surface area contributed by atoms with E-state index in [-0.39, 0.29) is 23.5 Å². The van der Waals surface area contributed by atoms with Crippen LogP contribution < -0.4 is 5.32 Å². The number of alkyl halides is 3. The molecule has 2 unspecified atom stereocenters. The molecule has 1 saturated carbocycles. The highest BCUT2D eigenvalue weighted by molar-refractivity contribution is 6.08. The second kappa shape index (κ2) is 7.59. The van der Waals surface area contributed by atoms with E-state index in [1.54, 1.807) is 0 Å². The Kier molecular flexibility index (Phi) is 5.60. The van der Waals surface area contributed by atoms with Gasteiger partial charge in [0, 0.05) is 0 Å². The normalized spacial score (nSPS) is 26.1. The largest absolute Gasteiger partial charge is 0.459 e. The van der Waals surface area contributed by atoms with Gasteiger partial charge in [0.05, 0.1) is 5.56 Å². The molecule has 3 amide bonds. The van der Waals surface area contributed by atoms with Crippen molar-refractivity contribution in [1.29, 1.82) is 0 Å². The fourth-order valence-electron chi connectivity index (χ4n) is 4.83. The monoisotopic (exact) mass is 426 g/mol. The number of imide groups is 1. The molecule has 0 aromatic heterocycles. The number of urea groups is 1. The first-order chi connectivity index (χ1) is 13.8. The molecular formula is C21H25F3N2O4. The number of halogens is 3. The number of nitrogens with zero attached hydrogens (tertiary/aromatic N) is 1. The lowest BCUT2D eigenvalue weighted by Crippen LogP contribution is -2.54. The van der Waals surface area contributed by atoms with Crippen molar-refractivity contribution < 1.29 is 32.3 Å². The molecule has 0 bridgehead atoms. The molecule has 1 aromatic carbocycles. The summed E-state index contributed by atoms with van der Waals surface area (Å²) in [6, 6.07) is 3.78. The highest BCUT2D eigenvalue weighted by Crippen LogP contribution is 2.46. The summed E-state index contributed by atoms with van der Waals surface area (Å²) in [5.41, 5.74) is -1.85. The fourth-order valence-corrected chi connectivity index (χ4v) is 4.83. The van der Waals surface area contributed by atoms with Gasteiger partial charge >= 0.3 is 18.2 Å². The van der Waals surface area contributed by atoms with Gasteiger partial charge in [-0.05, 0) is 48.3 Å². The third kappa shape index (κ3) is 4.60. The Bertz CT molecular complexity index is 868. The minimum Gasteiger partial charge on any atom is -0.459 e. The maximum Gasteiger partial charge on any atom is 0.416 e. The Labute approximate surface area is 172 Å². The smallest absolute Gasteiger partial charge is 0.416 e. The van der Waals surface area contributed by atoms with E-state index in [1.165, 1.54) is 12.1 Å². The van der Waals surface area contributed by atoms with E-state index in [0.717, 1.165) is 23.5 Å². The fraction of sp³-hybridized carbons (Fsp3) is 0.571. The van der Waals surface area contributed by atoms with Crippen molar-refractivity contribution in [2.45, 2.75) is 58.4 Å². The standard InChI is InChI=1S/C21H25F3N2O4/c1-13-8-19(2,3)12-20(9-13)17(28)26(18(29)25-20)10-16(27)30-11-14-5-4-6-15(7-14)21(22,23)24/h4-7,13H,8-12H2,1-3H3,(H,25,29). The predicted molar refractivity (Wildman–Crippen MR) is 101 cm³/mol. The summed E-state index contributed by atoms with van der Waals surface area (Å²) in [6.07, 6.45) is -2.60. The SMILES string of the molecule is CC1CC(C)(C)CC2(C1)NC(=O)N(CC(=O)OCc1cccc(C(F)(F)F)c1)C2=O. The molecule has 2 fully saturated rings. The molecule has 1 spiro atoms. The van der Waals surface area contributed by atoms with Crippen LogP contribution in [0.2, 0.25) is 0 Å². The number of benzene rings is 1. The first-order valence-electron chi connectivity index (χ1n) is 9.77. The molecule has 1 N–H and O–H groups in total. The van der Waals surface area contributed by atoms with Gasteiger partial charge in [-0.25, -0.2) is 4.79 Å². The molecule has 1 saturated heterocycles. The van der Waals surface area contributed by atoms with Gasteiger partial charge in [-0.15, -0.1) is 0 Å². The molecule has 1 aliphatic carbocycles. The Morgan fingerprint density at radius 1 is 1.27 bits per heavy atom. The zero-order chi connectivity index (χ0) is 22.3. The van der Waals surface area contributed by atoms with E-state index in [9.17, 15) is 27.6 Å². The number of amides is 3. The summed E-state index contributed by atoms with van der Waals surface area (Å²) in [7, 11) is 0. The van der Waals surface area contributed by atoms with Gasteiger partial charge in [-0.3, -0.25) is 14.5 Å². The highest BCUT2D eigenvalue weighted by atomic mass is 19.4. The quantitative estimate of drug-likeness (QED) is 0.586. The van der Waals surface area contributed by atoms with Gasteiger partial charge in [0.25, 0.3) is 5.91 Å². The average molecular weight is 426 g/mol. The van der Waals surface area contributed by atoms with Gasteiger partial charge in [-0.1, -0.05) is 32.9 Å². The molecule has 2 atom stereocenters. The van der Waals surface area contributed by atoms with E-state index >= 15 is 0 Å². The Balaban J connectivity index is 1.63. The van der Waals surface area contributed by atoms with Gasteiger partial charge in [0.15, 0.2) is 0 Å². The average Bonchev–Trinajstić information content (AvgIpc) is 2.81. The van der Waals surface area contributed by atoms with E-state index in [0.29, 0.717) is 12.8 Å². The van der Waals surface area contributed by atoms with Crippen molar-refractivity contribution in [2.24, 2.45) is 11.3 Å². The number of carbonyl (C=O) groups excluding carboxylic acids is 3. The summed E-state index contributed by atoms with van der Waals surface area (Å²) >= 11 is 0. The van der Waals surface area contributed by atoms with Gasteiger partial charge in [0.1, 0.15) is 18.7 Å².